The Balaban J connectivity index is 2.36. The van der Waals surface area contributed by atoms with Crippen LogP contribution in [0.3, 0.4) is 0 Å². The molecule has 0 aliphatic heterocycles. The number of hydrogen-bond donors (Lipinski definition) is 0. The Morgan fingerprint density at radius 3 is 2.70 bits per heavy atom. The van der Waals surface area contributed by atoms with Crippen molar-refractivity contribution in [3.8, 4) is 10.4 Å². The van der Waals surface area contributed by atoms with Gasteiger partial charge in [0.15, 0.2) is 5.65 Å². The van der Waals surface area contributed by atoms with Gasteiger partial charge in [0.1, 0.15) is 10.8 Å². The van der Waals surface area contributed by atoms with Crippen LogP contribution in [-0.4, -0.2) is 14.6 Å². The Labute approximate surface area is 120 Å². The number of alkyl halides is 3. The molecule has 3 heterocycles. The van der Waals surface area contributed by atoms with E-state index in [0.29, 0.717) is 11.3 Å². The minimum absolute atomic E-state index is 0.116. The molecular formula is C12H7ClF3N3S. The molecule has 0 unspecified atom stereocenters. The number of halogens is 4. The molecule has 0 aliphatic rings. The van der Waals surface area contributed by atoms with Crippen LogP contribution in [0.25, 0.3) is 16.1 Å². The van der Waals surface area contributed by atoms with E-state index in [1.54, 1.807) is 6.92 Å². The second-order valence-corrected chi connectivity index (χ2v) is 5.47. The Bertz CT molecular complexity index is 777. The van der Waals surface area contributed by atoms with Crippen molar-refractivity contribution in [3.63, 3.8) is 0 Å². The van der Waals surface area contributed by atoms with E-state index >= 15 is 0 Å². The van der Waals surface area contributed by atoms with Crippen molar-refractivity contribution in [1.82, 2.24) is 14.6 Å². The highest BCUT2D eigenvalue weighted by molar-refractivity contribution is 7.13. The Morgan fingerprint density at radius 2 is 2.10 bits per heavy atom. The zero-order chi connectivity index (χ0) is 14.5. The standard InChI is InChI=1S/C12H7ClF3N3S/c1-6-10(7-3-2-4-20-7)11-17-8(12(14,15)16)5-9(13)19(11)18-6/h2-5H,1H3. The molecule has 3 aromatic heterocycles. The number of nitrogens with zero attached hydrogens (tertiary/aromatic N) is 3. The molecule has 0 atom stereocenters. The summed E-state index contributed by atoms with van der Waals surface area (Å²) in [6, 6.07) is 4.40. The van der Waals surface area contributed by atoms with Crippen molar-refractivity contribution >= 4 is 28.6 Å². The maximum absolute atomic E-state index is 12.8. The fraction of sp³-hybridized carbons (Fsp3) is 0.167. The monoisotopic (exact) mass is 317 g/mol. The molecule has 104 valence electrons. The quantitative estimate of drug-likeness (QED) is 0.621. The van der Waals surface area contributed by atoms with Crippen LogP contribution in [0.5, 0.6) is 0 Å². The van der Waals surface area contributed by atoms with Crippen LogP contribution in [0.2, 0.25) is 5.15 Å². The van der Waals surface area contributed by atoms with E-state index in [9.17, 15) is 13.2 Å². The Kier molecular flexibility index (Phi) is 2.98. The predicted molar refractivity (Wildman–Crippen MR) is 71.0 cm³/mol. The number of aryl methyl sites for hydroxylation is 1. The molecule has 0 spiro atoms. The summed E-state index contributed by atoms with van der Waals surface area (Å²) in [6.07, 6.45) is -4.55. The van der Waals surface area contributed by atoms with Gasteiger partial charge in [0, 0.05) is 10.9 Å². The molecule has 3 nitrogen and oxygen atoms in total. The minimum atomic E-state index is -4.55. The predicted octanol–water partition coefficient (Wildman–Crippen LogP) is 4.44. The second kappa shape index (κ2) is 4.46. The van der Waals surface area contributed by atoms with Crippen molar-refractivity contribution in [2.45, 2.75) is 13.1 Å². The first-order valence-corrected chi connectivity index (χ1v) is 6.80. The molecule has 20 heavy (non-hydrogen) atoms. The Morgan fingerprint density at radius 1 is 1.35 bits per heavy atom. The second-order valence-electron chi connectivity index (χ2n) is 4.13. The highest BCUT2D eigenvalue weighted by Crippen LogP contribution is 2.35. The summed E-state index contributed by atoms with van der Waals surface area (Å²) in [7, 11) is 0. The summed E-state index contributed by atoms with van der Waals surface area (Å²) in [4.78, 5) is 4.49. The molecule has 0 aliphatic carbocycles. The van der Waals surface area contributed by atoms with Gasteiger partial charge in [-0.05, 0) is 18.4 Å². The molecule has 0 aromatic carbocycles. The van der Waals surface area contributed by atoms with Gasteiger partial charge in [0.2, 0.25) is 0 Å². The van der Waals surface area contributed by atoms with E-state index in [1.165, 1.54) is 15.9 Å². The van der Waals surface area contributed by atoms with Gasteiger partial charge < -0.3 is 0 Å². The Hall–Kier alpha value is -1.60. The lowest BCUT2D eigenvalue weighted by Gasteiger charge is -2.07. The highest BCUT2D eigenvalue weighted by atomic mass is 35.5. The van der Waals surface area contributed by atoms with Crippen LogP contribution < -0.4 is 0 Å². The van der Waals surface area contributed by atoms with Crippen molar-refractivity contribution in [2.75, 3.05) is 0 Å². The third kappa shape index (κ3) is 2.06. The largest absolute Gasteiger partial charge is 0.433 e. The van der Waals surface area contributed by atoms with Crippen LogP contribution in [0.15, 0.2) is 23.6 Å². The molecule has 0 N–H and O–H groups in total. The first-order chi connectivity index (χ1) is 9.38. The van der Waals surface area contributed by atoms with Gasteiger partial charge in [-0.3, -0.25) is 0 Å². The van der Waals surface area contributed by atoms with Gasteiger partial charge in [-0.1, -0.05) is 17.7 Å². The number of hydrogen-bond acceptors (Lipinski definition) is 3. The third-order valence-corrected chi connectivity index (χ3v) is 3.94. The topological polar surface area (TPSA) is 30.2 Å². The molecule has 0 saturated carbocycles. The van der Waals surface area contributed by atoms with Crippen molar-refractivity contribution in [2.24, 2.45) is 0 Å². The SMILES string of the molecule is Cc1nn2c(Cl)cc(C(F)(F)F)nc2c1-c1cccs1. The van der Waals surface area contributed by atoms with Crippen LogP contribution >= 0.6 is 22.9 Å². The van der Waals surface area contributed by atoms with E-state index in [1.807, 2.05) is 17.5 Å². The summed E-state index contributed by atoms with van der Waals surface area (Å²) in [5.41, 5.74) is 0.256. The average molecular weight is 318 g/mol. The molecule has 0 amide bonds. The van der Waals surface area contributed by atoms with Crippen molar-refractivity contribution in [1.29, 1.82) is 0 Å². The first kappa shape index (κ1) is 13.4. The molecule has 0 fully saturated rings. The van der Waals surface area contributed by atoms with Crippen molar-refractivity contribution < 1.29 is 13.2 Å². The average Bonchev–Trinajstić information content (AvgIpc) is 2.94. The smallest absolute Gasteiger partial charge is 0.223 e. The minimum Gasteiger partial charge on any atom is -0.223 e. The molecule has 0 radical (unpaired) electrons. The van der Waals surface area contributed by atoms with Gasteiger partial charge in [0.05, 0.1) is 11.3 Å². The van der Waals surface area contributed by atoms with Gasteiger partial charge in [-0.15, -0.1) is 11.3 Å². The first-order valence-electron chi connectivity index (χ1n) is 5.55. The zero-order valence-electron chi connectivity index (χ0n) is 10.1. The van der Waals surface area contributed by atoms with Crippen molar-refractivity contribution in [3.05, 3.63) is 40.1 Å². The molecular weight excluding hydrogens is 311 g/mol. The number of thiophene rings is 1. The number of aromatic nitrogens is 3. The van der Waals surface area contributed by atoms with E-state index in [0.717, 1.165) is 10.9 Å². The zero-order valence-corrected chi connectivity index (χ0v) is 11.6. The lowest BCUT2D eigenvalue weighted by atomic mass is 10.2. The fourth-order valence-electron chi connectivity index (χ4n) is 1.94. The van der Waals surface area contributed by atoms with Gasteiger partial charge in [0.25, 0.3) is 0 Å². The molecule has 8 heteroatoms. The summed E-state index contributed by atoms with van der Waals surface area (Å²) < 4.78 is 39.7. The summed E-state index contributed by atoms with van der Waals surface area (Å²) in [5, 5.41) is 5.88. The highest BCUT2D eigenvalue weighted by Gasteiger charge is 2.34. The van der Waals surface area contributed by atoms with Gasteiger partial charge in [-0.2, -0.15) is 18.3 Å². The molecule has 0 bridgehead atoms. The third-order valence-electron chi connectivity index (χ3n) is 2.78. The maximum Gasteiger partial charge on any atom is 0.433 e. The lowest BCUT2D eigenvalue weighted by molar-refractivity contribution is -0.141. The fourth-order valence-corrected chi connectivity index (χ4v) is 2.98. The van der Waals surface area contributed by atoms with E-state index < -0.39 is 11.9 Å². The van der Waals surface area contributed by atoms with E-state index in [-0.39, 0.29) is 10.8 Å². The van der Waals surface area contributed by atoms with E-state index in [2.05, 4.69) is 10.1 Å². The summed E-state index contributed by atoms with van der Waals surface area (Å²) in [6.45, 7) is 1.72. The molecule has 3 rings (SSSR count). The maximum atomic E-state index is 12.8. The summed E-state index contributed by atoms with van der Waals surface area (Å²) >= 11 is 7.29. The van der Waals surface area contributed by atoms with Gasteiger partial charge >= 0.3 is 6.18 Å². The van der Waals surface area contributed by atoms with Crippen LogP contribution in [0, 0.1) is 6.92 Å². The molecule has 3 aromatic rings. The van der Waals surface area contributed by atoms with Crippen LogP contribution in [-0.2, 0) is 6.18 Å². The van der Waals surface area contributed by atoms with E-state index in [4.69, 9.17) is 11.6 Å². The van der Waals surface area contributed by atoms with Crippen LogP contribution in [0.4, 0.5) is 13.2 Å². The number of fused-ring (bicyclic) bond motifs is 1. The lowest BCUT2D eigenvalue weighted by Crippen LogP contribution is -2.09. The summed E-state index contributed by atoms with van der Waals surface area (Å²) in [5.74, 6) is 0. The normalized spacial score (nSPS) is 12.2. The van der Waals surface area contributed by atoms with Crippen LogP contribution in [0.1, 0.15) is 11.4 Å². The van der Waals surface area contributed by atoms with Gasteiger partial charge in [-0.25, -0.2) is 9.50 Å². The molecule has 0 saturated heterocycles. The number of rotatable bonds is 1.